The van der Waals surface area contributed by atoms with Crippen LogP contribution in [0.3, 0.4) is 0 Å². The van der Waals surface area contributed by atoms with Crippen molar-refractivity contribution in [2.24, 2.45) is 0 Å². The van der Waals surface area contributed by atoms with Crippen molar-refractivity contribution in [1.82, 2.24) is 19.8 Å². The van der Waals surface area contributed by atoms with Crippen LogP contribution in [0.25, 0.3) is 0 Å². The number of carbonyl (C=O) groups is 1. The van der Waals surface area contributed by atoms with Gasteiger partial charge in [-0.3, -0.25) is 9.59 Å². The summed E-state index contributed by atoms with van der Waals surface area (Å²) < 4.78 is 14.6. The van der Waals surface area contributed by atoms with E-state index in [-0.39, 0.29) is 18.1 Å². The lowest BCUT2D eigenvalue weighted by molar-refractivity contribution is 0.0679. The molecule has 0 atom stereocenters. The highest BCUT2D eigenvalue weighted by Crippen LogP contribution is 2.21. The van der Waals surface area contributed by atoms with Gasteiger partial charge in [0.05, 0.1) is 6.54 Å². The summed E-state index contributed by atoms with van der Waals surface area (Å²) in [6, 6.07) is 5.86. The van der Waals surface area contributed by atoms with Gasteiger partial charge in [0.1, 0.15) is 11.6 Å². The number of rotatable bonds is 4. The third-order valence-electron chi connectivity index (χ3n) is 3.94. The molecule has 2 heterocycles. The molecule has 1 aromatic carbocycles. The van der Waals surface area contributed by atoms with Crippen molar-refractivity contribution in [3.8, 4) is 5.75 Å². The molecular weight excluding hydrogens is 315 g/mol. The maximum absolute atomic E-state index is 13.0. The van der Waals surface area contributed by atoms with Crippen molar-refractivity contribution in [2.75, 3.05) is 13.6 Å². The Hall–Kier alpha value is -2.74. The second-order valence-electron chi connectivity index (χ2n) is 5.57. The zero-order valence-electron chi connectivity index (χ0n) is 13.1. The number of aromatic nitrogens is 2. The van der Waals surface area contributed by atoms with E-state index in [1.807, 2.05) is 0 Å². The van der Waals surface area contributed by atoms with Gasteiger partial charge in [0.25, 0.3) is 5.91 Å². The molecule has 7 nitrogen and oxygen atoms in total. The van der Waals surface area contributed by atoms with Gasteiger partial charge in [0.2, 0.25) is 5.75 Å². The number of halogens is 1. The first-order chi connectivity index (χ1) is 11.5. The fourth-order valence-electron chi connectivity index (χ4n) is 2.77. The number of benzene rings is 1. The zero-order chi connectivity index (χ0) is 17.3. The summed E-state index contributed by atoms with van der Waals surface area (Å²) in [7, 11) is 1.71. The lowest BCUT2D eigenvalue weighted by Crippen LogP contribution is -2.43. The normalized spacial score (nSPS) is 13.9. The number of aromatic hydroxyl groups is 1. The summed E-state index contributed by atoms with van der Waals surface area (Å²) in [5, 5.41) is 12.9. The van der Waals surface area contributed by atoms with E-state index in [1.54, 1.807) is 23.7 Å². The number of hydrogen-bond donors (Lipinski definition) is 2. The number of carbonyl (C=O) groups excluding carboxylic acids is 1. The number of hydrogen-bond acceptors (Lipinski definition) is 5. The minimum absolute atomic E-state index is 0.0476. The van der Waals surface area contributed by atoms with E-state index >= 15 is 0 Å². The number of nitrogens with one attached hydrogen (secondary N) is 1. The fraction of sp³-hybridized carbons (Fsp3) is 0.312. The predicted molar refractivity (Wildman–Crippen MR) is 84.1 cm³/mol. The molecule has 126 valence electrons. The Labute approximate surface area is 137 Å². The van der Waals surface area contributed by atoms with E-state index in [0.29, 0.717) is 25.5 Å². The molecule has 0 unspecified atom stereocenters. The van der Waals surface area contributed by atoms with Crippen LogP contribution in [0.1, 0.15) is 21.9 Å². The summed E-state index contributed by atoms with van der Waals surface area (Å²) in [4.78, 5) is 29.9. The Bertz CT molecular complexity index is 832. The van der Waals surface area contributed by atoms with Gasteiger partial charge in [-0.15, -0.1) is 0 Å². The SMILES string of the molecule is CNCc1nc(=O)c(O)c2n1CCN(Cc1ccc(F)cc1)C2=O. The summed E-state index contributed by atoms with van der Waals surface area (Å²) >= 11 is 0. The van der Waals surface area contributed by atoms with Crippen LogP contribution in [0, 0.1) is 5.82 Å². The van der Waals surface area contributed by atoms with E-state index in [9.17, 15) is 19.1 Å². The van der Waals surface area contributed by atoms with E-state index in [0.717, 1.165) is 5.56 Å². The largest absolute Gasteiger partial charge is 0.501 e. The number of nitrogens with zero attached hydrogens (tertiary/aromatic N) is 3. The molecule has 3 rings (SSSR count). The summed E-state index contributed by atoms with van der Waals surface area (Å²) in [5.74, 6) is -1.02. The van der Waals surface area contributed by atoms with Crippen molar-refractivity contribution in [1.29, 1.82) is 0 Å². The Kier molecular flexibility index (Phi) is 4.30. The molecule has 0 saturated heterocycles. The van der Waals surface area contributed by atoms with Crippen LogP contribution in [0.4, 0.5) is 4.39 Å². The Morgan fingerprint density at radius 1 is 1.25 bits per heavy atom. The smallest absolute Gasteiger partial charge is 0.315 e. The molecule has 0 radical (unpaired) electrons. The number of amides is 1. The lowest BCUT2D eigenvalue weighted by atomic mass is 10.1. The highest BCUT2D eigenvalue weighted by molar-refractivity contribution is 5.95. The van der Waals surface area contributed by atoms with Crippen LogP contribution in [0.15, 0.2) is 29.1 Å². The molecule has 2 aromatic rings. The first-order valence-electron chi connectivity index (χ1n) is 7.52. The molecule has 1 amide bonds. The molecule has 2 N–H and O–H groups in total. The van der Waals surface area contributed by atoms with Gasteiger partial charge < -0.3 is 19.9 Å². The third-order valence-corrected chi connectivity index (χ3v) is 3.94. The molecule has 0 spiro atoms. The van der Waals surface area contributed by atoms with Gasteiger partial charge in [-0.05, 0) is 24.7 Å². The van der Waals surface area contributed by atoms with Crippen LogP contribution in [0.2, 0.25) is 0 Å². The Morgan fingerprint density at radius 2 is 1.96 bits per heavy atom. The van der Waals surface area contributed by atoms with E-state index in [4.69, 9.17) is 0 Å². The first-order valence-corrected chi connectivity index (χ1v) is 7.52. The molecule has 0 saturated carbocycles. The fourth-order valence-corrected chi connectivity index (χ4v) is 2.77. The third kappa shape index (κ3) is 2.88. The topological polar surface area (TPSA) is 87.5 Å². The quantitative estimate of drug-likeness (QED) is 0.849. The minimum atomic E-state index is -0.816. The lowest BCUT2D eigenvalue weighted by Gasteiger charge is -2.31. The van der Waals surface area contributed by atoms with Crippen molar-refractivity contribution >= 4 is 5.91 Å². The van der Waals surface area contributed by atoms with Crippen LogP contribution >= 0.6 is 0 Å². The second kappa shape index (κ2) is 6.40. The van der Waals surface area contributed by atoms with Crippen LogP contribution in [-0.2, 0) is 19.6 Å². The Balaban J connectivity index is 1.95. The van der Waals surface area contributed by atoms with E-state index in [1.165, 1.54) is 17.0 Å². The van der Waals surface area contributed by atoms with Gasteiger partial charge in [-0.2, -0.15) is 4.98 Å². The van der Waals surface area contributed by atoms with Gasteiger partial charge in [-0.1, -0.05) is 12.1 Å². The van der Waals surface area contributed by atoms with E-state index < -0.39 is 17.2 Å². The number of fused-ring (bicyclic) bond motifs is 1. The molecule has 0 bridgehead atoms. The van der Waals surface area contributed by atoms with Crippen molar-refractivity contribution in [3.63, 3.8) is 0 Å². The highest BCUT2D eigenvalue weighted by atomic mass is 19.1. The minimum Gasteiger partial charge on any atom is -0.501 e. The maximum atomic E-state index is 13.0. The molecule has 1 aliphatic rings. The van der Waals surface area contributed by atoms with Gasteiger partial charge in [0, 0.05) is 19.6 Å². The zero-order valence-corrected chi connectivity index (χ0v) is 13.1. The summed E-state index contributed by atoms with van der Waals surface area (Å²) in [6.45, 7) is 1.41. The van der Waals surface area contributed by atoms with E-state index in [2.05, 4.69) is 10.3 Å². The van der Waals surface area contributed by atoms with Gasteiger partial charge in [-0.25, -0.2) is 4.39 Å². The highest BCUT2D eigenvalue weighted by Gasteiger charge is 2.30. The van der Waals surface area contributed by atoms with Crippen LogP contribution in [0.5, 0.6) is 5.75 Å². The monoisotopic (exact) mass is 332 g/mol. The van der Waals surface area contributed by atoms with Crippen LogP contribution in [-0.4, -0.2) is 39.1 Å². The van der Waals surface area contributed by atoms with Crippen molar-refractivity contribution in [2.45, 2.75) is 19.6 Å². The average molecular weight is 332 g/mol. The van der Waals surface area contributed by atoms with Crippen LogP contribution < -0.4 is 10.9 Å². The molecule has 1 aliphatic heterocycles. The molecule has 8 heteroatoms. The molecule has 24 heavy (non-hydrogen) atoms. The Morgan fingerprint density at radius 3 is 2.62 bits per heavy atom. The predicted octanol–water partition coefficient (Wildman–Crippen LogP) is 0.463. The molecule has 0 aliphatic carbocycles. The standard InChI is InChI=1S/C16H17FN4O3/c1-18-8-12-19-15(23)14(22)13-16(24)20(6-7-21(12)13)9-10-2-4-11(17)5-3-10/h2-5,18,22H,6-9H2,1H3. The maximum Gasteiger partial charge on any atom is 0.315 e. The van der Waals surface area contributed by atoms with Gasteiger partial charge >= 0.3 is 5.56 Å². The molecule has 0 fully saturated rings. The molecule has 1 aromatic heterocycles. The van der Waals surface area contributed by atoms with Crippen molar-refractivity contribution in [3.05, 3.63) is 57.5 Å². The average Bonchev–Trinajstić information content (AvgIpc) is 2.56. The summed E-state index contributed by atoms with van der Waals surface area (Å²) in [5.41, 5.74) is -0.0957. The first kappa shape index (κ1) is 16.1. The van der Waals surface area contributed by atoms with Crippen molar-refractivity contribution < 1.29 is 14.3 Å². The van der Waals surface area contributed by atoms with Gasteiger partial charge in [0.15, 0.2) is 5.69 Å². The molecular formula is C16H17FN4O3. The summed E-state index contributed by atoms with van der Waals surface area (Å²) in [6.07, 6.45) is 0. The second-order valence-corrected chi connectivity index (χ2v) is 5.57.